The molecular formula is C6H12IrN2O2-2. The van der Waals surface area contributed by atoms with Crippen molar-refractivity contribution in [2.45, 2.75) is 20.1 Å². The van der Waals surface area contributed by atoms with Crippen LogP contribution in [0.3, 0.4) is 0 Å². The number of nitrogens with two attached hydrogens (primary N) is 1. The SMILES string of the molecule is C=C(C)C(=O)OC(C)[NH-].[Ir].[NH2-]. The summed E-state index contributed by atoms with van der Waals surface area (Å²) in [6.07, 6.45) is -0.797. The molecule has 0 aromatic heterocycles. The van der Waals surface area contributed by atoms with Crippen LogP contribution in [-0.4, -0.2) is 12.2 Å². The molecular weight excluding hydrogens is 324 g/mol. The summed E-state index contributed by atoms with van der Waals surface area (Å²) in [6.45, 7) is 6.37. The van der Waals surface area contributed by atoms with Gasteiger partial charge in [0, 0.05) is 31.9 Å². The topological polar surface area (TPSA) is 83.6 Å². The summed E-state index contributed by atoms with van der Waals surface area (Å²) >= 11 is 0. The number of hydrogen-bond acceptors (Lipinski definition) is 2. The Bertz CT molecular complexity index is 137. The molecule has 5 heteroatoms. The second kappa shape index (κ2) is 7.88. The minimum absolute atomic E-state index is 0. The standard InChI is InChI=1S/C6H10NO2.Ir.H2N/c1-4(2)6(8)9-5(3)7;;/h5,7H,1H2,2-3H3;;1H2/q-1;;-1. The summed E-state index contributed by atoms with van der Waals surface area (Å²) < 4.78 is 4.44. The molecule has 1 radical (unpaired) electrons. The van der Waals surface area contributed by atoms with Gasteiger partial charge in [-0.15, -0.1) is 0 Å². The van der Waals surface area contributed by atoms with Gasteiger partial charge in [0.25, 0.3) is 0 Å². The van der Waals surface area contributed by atoms with Gasteiger partial charge in [-0.25, -0.2) is 4.79 Å². The molecule has 0 saturated carbocycles. The van der Waals surface area contributed by atoms with Crippen LogP contribution in [0.1, 0.15) is 13.8 Å². The largest absolute Gasteiger partial charge is 0.693 e. The fourth-order valence-electron chi connectivity index (χ4n) is 0.261. The van der Waals surface area contributed by atoms with Gasteiger partial charge in [-0.05, 0) is 13.8 Å². The third-order valence-electron chi connectivity index (χ3n) is 0.632. The fraction of sp³-hybridized carbons (Fsp3) is 0.500. The molecule has 3 N–H and O–H groups in total. The second-order valence-corrected chi connectivity index (χ2v) is 1.83. The van der Waals surface area contributed by atoms with Gasteiger partial charge in [0.2, 0.25) is 0 Å². The first-order valence-electron chi connectivity index (χ1n) is 2.61. The van der Waals surface area contributed by atoms with E-state index in [1.165, 1.54) is 6.92 Å². The van der Waals surface area contributed by atoms with Crippen molar-refractivity contribution in [2.75, 3.05) is 0 Å². The van der Waals surface area contributed by atoms with E-state index in [0.29, 0.717) is 5.57 Å². The first-order chi connectivity index (χ1) is 4.04. The predicted octanol–water partition coefficient (Wildman–Crippen LogP) is 2.22. The van der Waals surface area contributed by atoms with Crippen molar-refractivity contribution in [3.8, 4) is 0 Å². The molecule has 0 aliphatic heterocycles. The van der Waals surface area contributed by atoms with E-state index in [4.69, 9.17) is 5.73 Å². The smallest absolute Gasteiger partial charge is 0.331 e. The Hall–Kier alpha value is -0.221. The molecule has 0 spiro atoms. The zero-order valence-corrected chi connectivity index (χ0v) is 8.91. The van der Waals surface area contributed by atoms with Crippen LogP contribution in [0.2, 0.25) is 0 Å². The molecule has 0 rings (SSSR count). The summed E-state index contributed by atoms with van der Waals surface area (Å²) in [5.41, 5.74) is 7.15. The van der Waals surface area contributed by atoms with Crippen LogP contribution in [0, 0.1) is 0 Å². The third-order valence-corrected chi connectivity index (χ3v) is 0.632. The molecule has 0 heterocycles. The van der Waals surface area contributed by atoms with E-state index in [1.54, 1.807) is 6.92 Å². The van der Waals surface area contributed by atoms with Gasteiger partial charge in [0.1, 0.15) is 0 Å². The summed E-state index contributed by atoms with van der Waals surface area (Å²) in [7, 11) is 0. The maximum absolute atomic E-state index is 10.5. The molecule has 0 aromatic rings. The van der Waals surface area contributed by atoms with Gasteiger partial charge in [-0.3, -0.25) is 0 Å². The van der Waals surface area contributed by atoms with Gasteiger partial charge in [0.05, 0.1) is 0 Å². The van der Waals surface area contributed by atoms with Crippen LogP contribution in [0.15, 0.2) is 12.2 Å². The third kappa shape index (κ3) is 9.78. The molecule has 0 amide bonds. The van der Waals surface area contributed by atoms with Gasteiger partial charge in [-0.2, -0.15) is 0 Å². The average molecular weight is 336 g/mol. The second-order valence-electron chi connectivity index (χ2n) is 1.83. The van der Waals surface area contributed by atoms with Crippen LogP contribution in [0.4, 0.5) is 0 Å². The minimum Gasteiger partial charge on any atom is -0.693 e. The Balaban J connectivity index is -0.000000320. The van der Waals surface area contributed by atoms with Crippen LogP contribution in [0.25, 0.3) is 11.9 Å². The summed E-state index contributed by atoms with van der Waals surface area (Å²) in [5.74, 6) is -0.502. The van der Waals surface area contributed by atoms with E-state index in [0.717, 1.165) is 0 Å². The van der Waals surface area contributed by atoms with Gasteiger partial charge in [0.15, 0.2) is 0 Å². The Morgan fingerprint density at radius 3 is 2.09 bits per heavy atom. The van der Waals surface area contributed by atoms with Crippen molar-refractivity contribution < 1.29 is 29.6 Å². The first kappa shape index (κ1) is 17.0. The van der Waals surface area contributed by atoms with Crippen molar-refractivity contribution >= 4 is 5.97 Å². The van der Waals surface area contributed by atoms with E-state index in [2.05, 4.69) is 11.3 Å². The van der Waals surface area contributed by atoms with Gasteiger partial charge in [-0.1, -0.05) is 6.58 Å². The number of hydrogen-bond donors (Lipinski definition) is 0. The molecule has 0 aromatic carbocycles. The van der Waals surface area contributed by atoms with E-state index in [-0.39, 0.29) is 26.3 Å². The van der Waals surface area contributed by atoms with E-state index >= 15 is 0 Å². The number of rotatable bonds is 2. The predicted molar refractivity (Wildman–Crippen MR) is 40.0 cm³/mol. The number of ether oxygens (including phenoxy) is 1. The maximum Gasteiger partial charge on any atom is 0.331 e. The first-order valence-corrected chi connectivity index (χ1v) is 2.61. The van der Waals surface area contributed by atoms with Gasteiger partial charge < -0.3 is 16.6 Å². The van der Waals surface area contributed by atoms with Crippen molar-refractivity contribution in [1.29, 1.82) is 0 Å². The Kier molecular flexibility index (Phi) is 12.2. The Labute approximate surface area is 80.1 Å². The van der Waals surface area contributed by atoms with E-state index < -0.39 is 12.2 Å². The molecule has 0 fully saturated rings. The summed E-state index contributed by atoms with van der Waals surface area (Å²) in [5, 5.41) is 0. The molecule has 0 aliphatic rings. The number of esters is 1. The minimum atomic E-state index is -0.797. The van der Waals surface area contributed by atoms with Crippen LogP contribution >= 0.6 is 0 Å². The molecule has 0 bridgehead atoms. The molecule has 4 nitrogen and oxygen atoms in total. The fourth-order valence-corrected chi connectivity index (χ4v) is 0.261. The van der Waals surface area contributed by atoms with Crippen LogP contribution in [-0.2, 0) is 29.6 Å². The van der Waals surface area contributed by atoms with Gasteiger partial charge >= 0.3 is 5.97 Å². The summed E-state index contributed by atoms with van der Waals surface area (Å²) in [6, 6.07) is 0. The molecule has 69 valence electrons. The quantitative estimate of drug-likeness (QED) is 0.572. The monoisotopic (exact) mass is 337 g/mol. The van der Waals surface area contributed by atoms with Crippen molar-refractivity contribution in [3.05, 3.63) is 24.0 Å². The van der Waals surface area contributed by atoms with Crippen molar-refractivity contribution in [3.63, 3.8) is 0 Å². The number of carbonyl (C=O) groups excluding carboxylic acids is 1. The Morgan fingerprint density at radius 2 is 2.00 bits per heavy atom. The molecule has 0 aliphatic carbocycles. The molecule has 0 saturated heterocycles. The van der Waals surface area contributed by atoms with Crippen molar-refractivity contribution in [2.24, 2.45) is 0 Å². The van der Waals surface area contributed by atoms with E-state index in [9.17, 15) is 4.79 Å². The van der Waals surface area contributed by atoms with Crippen LogP contribution < -0.4 is 0 Å². The Morgan fingerprint density at radius 1 is 1.64 bits per heavy atom. The average Bonchev–Trinajstić information content (AvgIpc) is 1.63. The van der Waals surface area contributed by atoms with Crippen LogP contribution in [0.5, 0.6) is 0 Å². The number of nitrogens with one attached hydrogen (secondary N) is 1. The molecule has 1 atom stereocenters. The van der Waals surface area contributed by atoms with Crippen molar-refractivity contribution in [1.82, 2.24) is 0 Å². The summed E-state index contributed by atoms with van der Waals surface area (Å²) in [4.78, 5) is 10.5. The molecule has 11 heavy (non-hydrogen) atoms. The maximum atomic E-state index is 10.5. The normalized spacial score (nSPS) is 10.1. The zero-order chi connectivity index (χ0) is 7.44. The van der Waals surface area contributed by atoms with E-state index in [1.807, 2.05) is 0 Å². The zero-order valence-electron chi connectivity index (χ0n) is 6.51. The molecule has 1 unspecified atom stereocenters. The number of carbonyl (C=O) groups is 1.